The van der Waals surface area contributed by atoms with E-state index < -0.39 is 0 Å². The molecule has 0 atom stereocenters. The van der Waals surface area contributed by atoms with Gasteiger partial charge in [0.25, 0.3) is 0 Å². The Labute approximate surface area is 76.5 Å². The van der Waals surface area contributed by atoms with Gasteiger partial charge in [-0.3, -0.25) is 0 Å². The number of ether oxygens (including phenoxy) is 2. The fraction of sp³-hybridized carbons (Fsp3) is 0.875. The van der Waals surface area contributed by atoms with Crippen molar-refractivity contribution < 1.29 is 9.47 Å². The van der Waals surface area contributed by atoms with E-state index in [1.807, 2.05) is 0 Å². The van der Waals surface area contributed by atoms with Crippen molar-refractivity contribution >= 4 is 9.52 Å². The van der Waals surface area contributed by atoms with Crippen molar-refractivity contribution in [3.05, 3.63) is 0 Å². The molecule has 0 radical (unpaired) electrons. The summed E-state index contributed by atoms with van der Waals surface area (Å²) >= 11 is 0. The zero-order chi connectivity index (χ0) is 9.23. The Morgan fingerprint density at radius 3 is 2.58 bits per heavy atom. The molecule has 0 spiro atoms. The molecule has 0 fully saturated rings. The van der Waals surface area contributed by atoms with Gasteiger partial charge in [-0.1, -0.05) is 6.04 Å². The van der Waals surface area contributed by atoms with Crippen LogP contribution in [0.2, 0.25) is 12.1 Å². The smallest absolute Gasteiger partial charge is 0.153 e. The molecular weight excluding hydrogens is 170 g/mol. The Morgan fingerprint density at radius 1 is 1.42 bits per heavy atom. The molecule has 0 aliphatic rings. The van der Waals surface area contributed by atoms with E-state index in [4.69, 9.17) is 14.7 Å². The lowest BCUT2D eigenvalue weighted by Crippen LogP contribution is -2.14. The van der Waals surface area contributed by atoms with Crippen LogP contribution in [0.5, 0.6) is 0 Å². The summed E-state index contributed by atoms with van der Waals surface area (Å²) in [6.07, 6.45) is 1.72. The second-order valence-electron chi connectivity index (χ2n) is 2.66. The van der Waals surface area contributed by atoms with Crippen LogP contribution in [0.3, 0.4) is 0 Å². The number of hydrogen-bond acceptors (Lipinski definition) is 3. The zero-order valence-electron chi connectivity index (χ0n) is 7.88. The number of unbranched alkanes of at least 4 members (excludes halogenated alkanes) is 1. The average molecular weight is 187 g/mol. The first-order valence-corrected chi connectivity index (χ1v) is 6.27. The molecule has 0 amide bonds. The van der Waals surface area contributed by atoms with Crippen LogP contribution in [0.1, 0.15) is 12.8 Å². The van der Waals surface area contributed by atoms with Crippen LogP contribution >= 0.6 is 0 Å². The highest BCUT2D eigenvalue weighted by Gasteiger charge is 2.03. The van der Waals surface area contributed by atoms with Crippen molar-refractivity contribution in [1.29, 1.82) is 5.26 Å². The summed E-state index contributed by atoms with van der Waals surface area (Å²) in [5, 5.41) is 8.28. The molecule has 70 valence electrons. The molecule has 0 rings (SSSR count). The van der Waals surface area contributed by atoms with E-state index in [0.717, 1.165) is 12.5 Å². The molecule has 4 heteroatoms. The van der Waals surface area contributed by atoms with Crippen molar-refractivity contribution in [3.8, 4) is 6.07 Å². The Balaban J connectivity index is 3.13. The Morgan fingerprint density at radius 2 is 2.08 bits per heavy atom. The number of nitriles is 1. The maximum atomic E-state index is 8.28. The van der Waals surface area contributed by atoms with Crippen LogP contribution in [0.15, 0.2) is 0 Å². The van der Waals surface area contributed by atoms with Gasteiger partial charge in [0.2, 0.25) is 0 Å². The summed E-state index contributed by atoms with van der Waals surface area (Å²) in [4.78, 5) is 0. The lowest BCUT2D eigenvalue weighted by molar-refractivity contribution is -0.0876. The number of nitrogens with zero attached hydrogens (tertiary/aromatic N) is 1. The molecule has 0 aliphatic carbocycles. The first-order valence-electron chi connectivity index (χ1n) is 4.27. The SMILES string of the molecule is COC(C[SiH2]CCCC#N)OC. The third-order valence-electron chi connectivity index (χ3n) is 1.75. The highest BCUT2D eigenvalue weighted by molar-refractivity contribution is 6.35. The summed E-state index contributed by atoms with van der Waals surface area (Å²) in [6, 6.07) is 4.42. The quantitative estimate of drug-likeness (QED) is 0.338. The Hall–Kier alpha value is -0.373. The number of rotatable bonds is 7. The summed E-state index contributed by atoms with van der Waals surface area (Å²) in [6.45, 7) is 0. The summed E-state index contributed by atoms with van der Waals surface area (Å²) in [5.74, 6) is 0. The van der Waals surface area contributed by atoms with Crippen LogP contribution in [-0.4, -0.2) is 30.0 Å². The molecule has 0 saturated heterocycles. The maximum absolute atomic E-state index is 8.28. The average Bonchev–Trinajstić information content (AvgIpc) is 2.11. The molecule has 0 unspecified atom stereocenters. The van der Waals surface area contributed by atoms with Crippen molar-refractivity contribution in [1.82, 2.24) is 0 Å². The van der Waals surface area contributed by atoms with E-state index in [1.165, 1.54) is 6.04 Å². The molecule has 0 heterocycles. The van der Waals surface area contributed by atoms with Crippen molar-refractivity contribution in [2.75, 3.05) is 14.2 Å². The van der Waals surface area contributed by atoms with E-state index >= 15 is 0 Å². The van der Waals surface area contributed by atoms with E-state index in [-0.39, 0.29) is 15.8 Å². The van der Waals surface area contributed by atoms with Crippen molar-refractivity contribution in [2.45, 2.75) is 31.2 Å². The third-order valence-corrected chi connectivity index (χ3v) is 3.63. The second-order valence-corrected chi connectivity index (χ2v) is 4.65. The molecule has 0 aromatic rings. The van der Waals surface area contributed by atoms with Gasteiger partial charge in [-0.2, -0.15) is 5.26 Å². The predicted molar refractivity (Wildman–Crippen MR) is 50.8 cm³/mol. The number of hydrogen-bond donors (Lipinski definition) is 0. The fourth-order valence-electron chi connectivity index (χ4n) is 1.02. The van der Waals surface area contributed by atoms with Crippen LogP contribution in [0.25, 0.3) is 0 Å². The molecule has 0 bridgehead atoms. The van der Waals surface area contributed by atoms with Crippen molar-refractivity contribution in [2.24, 2.45) is 0 Å². The monoisotopic (exact) mass is 187 g/mol. The maximum Gasteiger partial charge on any atom is 0.153 e. The number of methoxy groups -OCH3 is 2. The highest BCUT2D eigenvalue weighted by atomic mass is 28.2. The third kappa shape index (κ3) is 6.34. The van der Waals surface area contributed by atoms with Crippen LogP contribution in [0.4, 0.5) is 0 Å². The fourth-order valence-corrected chi connectivity index (χ4v) is 2.72. The van der Waals surface area contributed by atoms with Gasteiger partial charge < -0.3 is 9.47 Å². The minimum absolute atomic E-state index is 0.0150. The van der Waals surface area contributed by atoms with E-state index in [9.17, 15) is 0 Å². The molecule has 0 aliphatic heterocycles. The highest BCUT2D eigenvalue weighted by Crippen LogP contribution is 2.02. The van der Waals surface area contributed by atoms with Crippen LogP contribution < -0.4 is 0 Å². The van der Waals surface area contributed by atoms with E-state index in [0.29, 0.717) is 6.42 Å². The van der Waals surface area contributed by atoms with Gasteiger partial charge in [0.1, 0.15) is 0 Å². The van der Waals surface area contributed by atoms with E-state index in [2.05, 4.69) is 6.07 Å². The summed E-state index contributed by atoms with van der Waals surface area (Å²) in [7, 11) is 3.25. The van der Waals surface area contributed by atoms with Gasteiger partial charge in [-0.05, 0) is 12.5 Å². The van der Waals surface area contributed by atoms with Crippen LogP contribution in [-0.2, 0) is 9.47 Å². The van der Waals surface area contributed by atoms with Gasteiger partial charge in [0.15, 0.2) is 6.29 Å². The van der Waals surface area contributed by atoms with Gasteiger partial charge in [-0.15, -0.1) is 0 Å². The summed E-state index contributed by atoms with van der Waals surface area (Å²) in [5.41, 5.74) is 0. The topological polar surface area (TPSA) is 42.2 Å². The molecular formula is C8H17NO2Si. The first-order chi connectivity index (χ1) is 5.85. The van der Waals surface area contributed by atoms with E-state index in [1.54, 1.807) is 14.2 Å². The molecule has 0 saturated carbocycles. The van der Waals surface area contributed by atoms with Crippen LogP contribution in [0, 0.1) is 11.3 Å². The minimum atomic E-state index is -0.0795. The normalized spacial score (nSPS) is 11.2. The zero-order valence-corrected chi connectivity index (χ0v) is 9.29. The second kappa shape index (κ2) is 8.72. The Bertz CT molecular complexity index is 132. The van der Waals surface area contributed by atoms with Gasteiger partial charge in [-0.25, -0.2) is 0 Å². The lowest BCUT2D eigenvalue weighted by atomic mass is 10.4. The predicted octanol–water partition coefficient (Wildman–Crippen LogP) is 0.914. The molecule has 12 heavy (non-hydrogen) atoms. The molecule has 0 aromatic heterocycles. The minimum Gasteiger partial charge on any atom is -0.356 e. The van der Waals surface area contributed by atoms with Gasteiger partial charge >= 0.3 is 0 Å². The lowest BCUT2D eigenvalue weighted by Gasteiger charge is -2.11. The standard InChI is InChI=1S/C8H17NO2Si/c1-10-8(11-2)7-12-6-4-3-5-9/h8H,3-4,6-7,12H2,1-2H3. The Kier molecular flexibility index (Phi) is 8.45. The largest absolute Gasteiger partial charge is 0.356 e. The van der Waals surface area contributed by atoms with Gasteiger partial charge in [0.05, 0.1) is 6.07 Å². The van der Waals surface area contributed by atoms with Crippen molar-refractivity contribution in [3.63, 3.8) is 0 Å². The molecule has 3 nitrogen and oxygen atoms in total. The molecule has 0 N–H and O–H groups in total. The molecule has 0 aromatic carbocycles. The first kappa shape index (κ1) is 11.6. The summed E-state index contributed by atoms with van der Waals surface area (Å²) < 4.78 is 10.1. The van der Waals surface area contributed by atoms with Gasteiger partial charge in [0, 0.05) is 30.2 Å².